The van der Waals surface area contributed by atoms with Crippen molar-refractivity contribution < 1.29 is 9.53 Å². The van der Waals surface area contributed by atoms with Crippen LogP contribution in [0.25, 0.3) is 5.57 Å². The number of rotatable bonds is 10. The minimum Gasteiger partial charge on any atom is -0.444 e. The molecule has 7 nitrogen and oxygen atoms in total. The Morgan fingerprint density at radius 3 is 2.22 bits per heavy atom. The third kappa shape index (κ3) is 8.68. The summed E-state index contributed by atoms with van der Waals surface area (Å²) in [5.74, 6) is 0. The molecule has 210 valence electrons. The van der Waals surface area contributed by atoms with Gasteiger partial charge in [-0.1, -0.05) is 61.2 Å². The van der Waals surface area contributed by atoms with Crippen LogP contribution in [0.1, 0.15) is 54.3 Å². The summed E-state index contributed by atoms with van der Waals surface area (Å²) in [6.45, 7) is 13.7. The van der Waals surface area contributed by atoms with E-state index in [0.29, 0.717) is 13.1 Å². The van der Waals surface area contributed by atoms with Gasteiger partial charge in [-0.3, -0.25) is 9.97 Å². The first-order chi connectivity index (χ1) is 19.7. The quantitative estimate of drug-likeness (QED) is 0.210. The van der Waals surface area contributed by atoms with Crippen molar-refractivity contribution in [3.8, 4) is 0 Å². The Bertz CT molecular complexity index is 1490. The molecule has 0 aliphatic rings. The molecule has 0 spiro atoms. The fourth-order valence-corrected chi connectivity index (χ4v) is 4.16. The number of nitrogens with zero attached hydrogens (tertiary/aromatic N) is 3. The van der Waals surface area contributed by atoms with E-state index in [1.165, 1.54) is 0 Å². The van der Waals surface area contributed by atoms with Gasteiger partial charge in [0.2, 0.25) is 0 Å². The van der Waals surface area contributed by atoms with Gasteiger partial charge >= 0.3 is 6.09 Å². The number of carbonyl (C=O) groups is 1. The number of aliphatic imine (C=N–C) groups is 1. The Kier molecular flexibility index (Phi) is 9.77. The number of alkyl carbamates (subject to hydrolysis) is 1. The zero-order chi connectivity index (χ0) is 29.2. The molecule has 2 N–H and O–H groups in total. The van der Waals surface area contributed by atoms with Gasteiger partial charge in [-0.15, -0.1) is 0 Å². The largest absolute Gasteiger partial charge is 0.444 e. The molecule has 2 aromatic heterocycles. The van der Waals surface area contributed by atoms with E-state index in [9.17, 15) is 4.79 Å². The smallest absolute Gasteiger partial charge is 0.407 e. The van der Waals surface area contributed by atoms with E-state index in [1.54, 1.807) is 18.6 Å². The molecule has 1 amide bonds. The van der Waals surface area contributed by atoms with Gasteiger partial charge in [-0.2, -0.15) is 0 Å². The SMILES string of the molecule is C=C(C(=Nc1ccnc(CNCc2ccncc2)c1C)c1ccc(CNC(=O)OC(C)(C)C)cc1)c1ccccc1. The Balaban J connectivity index is 1.57. The third-order valence-corrected chi connectivity index (χ3v) is 6.35. The van der Waals surface area contributed by atoms with Crippen LogP contribution in [0.3, 0.4) is 0 Å². The van der Waals surface area contributed by atoms with E-state index in [1.807, 2.05) is 100 Å². The van der Waals surface area contributed by atoms with Crippen molar-refractivity contribution in [2.75, 3.05) is 0 Å². The molecule has 0 saturated carbocycles. The number of ether oxygens (including phenoxy) is 1. The lowest BCUT2D eigenvalue weighted by Gasteiger charge is -2.19. The van der Waals surface area contributed by atoms with Crippen LogP contribution < -0.4 is 10.6 Å². The van der Waals surface area contributed by atoms with Gasteiger partial charge in [0.05, 0.1) is 17.1 Å². The van der Waals surface area contributed by atoms with Gasteiger partial charge in [-0.25, -0.2) is 9.79 Å². The van der Waals surface area contributed by atoms with Crippen LogP contribution in [0.15, 0.2) is 103 Å². The summed E-state index contributed by atoms with van der Waals surface area (Å²) in [6.07, 6.45) is 4.94. The third-order valence-electron chi connectivity index (χ3n) is 6.35. The van der Waals surface area contributed by atoms with E-state index in [4.69, 9.17) is 9.73 Å². The Morgan fingerprint density at radius 1 is 0.854 bits per heavy atom. The number of hydrogen-bond acceptors (Lipinski definition) is 6. The number of pyridine rings is 2. The lowest BCUT2D eigenvalue weighted by molar-refractivity contribution is 0.0523. The minimum absolute atomic E-state index is 0.362. The molecule has 0 aliphatic heterocycles. The van der Waals surface area contributed by atoms with Crippen LogP contribution in [-0.4, -0.2) is 27.4 Å². The van der Waals surface area contributed by atoms with E-state index in [2.05, 4.69) is 27.2 Å². The summed E-state index contributed by atoms with van der Waals surface area (Å²) in [6, 6.07) is 23.9. The molecule has 0 radical (unpaired) electrons. The Hall–Kier alpha value is -4.62. The number of aromatic nitrogens is 2. The number of allylic oxidation sites excluding steroid dienone is 1. The van der Waals surface area contributed by atoms with Gasteiger partial charge in [0.15, 0.2) is 0 Å². The predicted molar refractivity (Wildman–Crippen MR) is 165 cm³/mol. The fraction of sp³-hybridized carbons (Fsp3) is 0.235. The second kappa shape index (κ2) is 13.6. The minimum atomic E-state index is -0.544. The maximum absolute atomic E-state index is 12.1. The van der Waals surface area contributed by atoms with E-state index < -0.39 is 11.7 Å². The summed E-state index contributed by atoms with van der Waals surface area (Å²) < 4.78 is 5.34. The molecule has 7 heteroatoms. The van der Waals surface area contributed by atoms with Crippen molar-refractivity contribution in [3.63, 3.8) is 0 Å². The standard InChI is InChI=1S/C34H37N5O2/c1-24(28-9-7-6-8-10-28)32(29-13-11-26(12-14-29)22-38-33(40)41-34(3,4)5)39-30-17-20-37-31(25(30)2)23-36-21-27-15-18-35-19-16-27/h6-20,36H,1,21-23H2,2-5H3,(H,38,40). The van der Waals surface area contributed by atoms with E-state index in [-0.39, 0.29) is 0 Å². The molecule has 0 saturated heterocycles. The molecule has 0 aliphatic carbocycles. The number of hydrogen-bond donors (Lipinski definition) is 2. The number of amides is 1. The molecule has 0 unspecified atom stereocenters. The average Bonchev–Trinajstić information content (AvgIpc) is 2.96. The Morgan fingerprint density at radius 2 is 1.54 bits per heavy atom. The molecule has 0 fully saturated rings. The molecule has 41 heavy (non-hydrogen) atoms. The fourth-order valence-electron chi connectivity index (χ4n) is 4.16. The topological polar surface area (TPSA) is 88.5 Å². The number of carbonyl (C=O) groups excluding carboxylic acids is 1. The van der Waals surface area contributed by atoms with Crippen molar-refractivity contribution >= 4 is 23.1 Å². The summed E-state index contributed by atoms with van der Waals surface area (Å²) in [5, 5.41) is 6.27. The first-order valence-corrected chi connectivity index (χ1v) is 13.6. The van der Waals surface area contributed by atoms with Crippen LogP contribution in [0.4, 0.5) is 10.5 Å². The first kappa shape index (κ1) is 29.4. The molecule has 2 aromatic carbocycles. The van der Waals surface area contributed by atoms with Crippen LogP contribution >= 0.6 is 0 Å². The zero-order valence-electron chi connectivity index (χ0n) is 24.1. The molecule has 4 aromatic rings. The molecular formula is C34H37N5O2. The summed E-state index contributed by atoms with van der Waals surface area (Å²) in [5.41, 5.74) is 7.86. The van der Waals surface area contributed by atoms with Crippen molar-refractivity contribution in [1.82, 2.24) is 20.6 Å². The number of nitrogens with one attached hydrogen (secondary N) is 2. The van der Waals surface area contributed by atoms with Crippen LogP contribution in [0.2, 0.25) is 0 Å². The highest BCUT2D eigenvalue weighted by Crippen LogP contribution is 2.26. The summed E-state index contributed by atoms with van der Waals surface area (Å²) >= 11 is 0. The molecule has 2 heterocycles. The normalized spacial score (nSPS) is 11.7. The lowest BCUT2D eigenvalue weighted by Crippen LogP contribution is -2.32. The van der Waals surface area contributed by atoms with Gasteiger partial charge in [0.1, 0.15) is 5.60 Å². The van der Waals surface area contributed by atoms with E-state index in [0.717, 1.165) is 57.0 Å². The Labute approximate surface area is 242 Å². The molecule has 0 atom stereocenters. The van der Waals surface area contributed by atoms with Gasteiger partial charge in [-0.05, 0) is 68.1 Å². The highest BCUT2D eigenvalue weighted by molar-refractivity contribution is 6.31. The van der Waals surface area contributed by atoms with Gasteiger partial charge in [0, 0.05) is 49.4 Å². The van der Waals surface area contributed by atoms with Crippen molar-refractivity contribution in [3.05, 3.63) is 131 Å². The van der Waals surface area contributed by atoms with Crippen molar-refractivity contribution in [2.24, 2.45) is 4.99 Å². The van der Waals surface area contributed by atoms with Crippen molar-refractivity contribution in [2.45, 2.75) is 52.9 Å². The second-order valence-corrected chi connectivity index (χ2v) is 10.7. The second-order valence-electron chi connectivity index (χ2n) is 10.7. The highest BCUT2D eigenvalue weighted by atomic mass is 16.6. The van der Waals surface area contributed by atoms with E-state index >= 15 is 0 Å². The maximum atomic E-state index is 12.1. The van der Waals surface area contributed by atoms with Crippen LogP contribution in [0.5, 0.6) is 0 Å². The van der Waals surface area contributed by atoms with Gasteiger partial charge < -0.3 is 15.4 Å². The summed E-state index contributed by atoms with van der Waals surface area (Å²) in [7, 11) is 0. The van der Waals surface area contributed by atoms with Gasteiger partial charge in [0.25, 0.3) is 0 Å². The summed E-state index contributed by atoms with van der Waals surface area (Å²) in [4.78, 5) is 25.9. The maximum Gasteiger partial charge on any atom is 0.407 e. The molecule has 4 rings (SSSR count). The molecule has 0 bridgehead atoms. The average molecular weight is 548 g/mol. The molecular weight excluding hydrogens is 510 g/mol. The van der Waals surface area contributed by atoms with Crippen LogP contribution in [-0.2, 0) is 24.4 Å². The zero-order valence-corrected chi connectivity index (χ0v) is 24.1. The first-order valence-electron chi connectivity index (χ1n) is 13.6. The van der Waals surface area contributed by atoms with Crippen molar-refractivity contribution in [1.29, 1.82) is 0 Å². The predicted octanol–water partition coefficient (Wildman–Crippen LogP) is 6.93. The number of benzene rings is 2. The monoisotopic (exact) mass is 547 g/mol. The lowest BCUT2D eigenvalue weighted by atomic mass is 9.96. The van der Waals surface area contributed by atoms with Crippen LogP contribution in [0, 0.1) is 6.92 Å². The highest BCUT2D eigenvalue weighted by Gasteiger charge is 2.16.